The largest absolute Gasteiger partial charge is 0.465 e. The maximum Gasteiger partial charge on any atom is 0.323 e. The van der Waals surface area contributed by atoms with Gasteiger partial charge in [-0.3, -0.25) is 9.69 Å². The number of carbonyl (C=O) groups is 1. The molecule has 2 aromatic carbocycles. The van der Waals surface area contributed by atoms with E-state index in [1.807, 2.05) is 13.0 Å². The molecule has 2 aromatic rings. The van der Waals surface area contributed by atoms with Crippen LogP contribution in [0, 0.1) is 5.92 Å². The van der Waals surface area contributed by atoms with Crippen LogP contribution in [0.2, 0.25) is 0 Å². The first kappa shape index (κ1) is 22.5. The Morgan fingerprint density at radius 1 is 1.10 bits per heavy atom. The molecule has 1 aliphatic heterocycles. The molecule has 0 aliphatic carbocycles. The fraction of sp³-hybridized carbons (Fsp3) is 0.500. The molecule has 0 amide bonds. The van der Waals surface area contributed by atoms with Crippen molar-refractivity contribution in [2.24, 2.45) is 5.92 Å². The van der Waals surface area contributed by atoms with Crippen LogP contribution in [0.3, 0.4) is 0 Å². The first-order chi connectivity index (χ1) is 14.7. The zero-order chi connectivity index (χ0) is 21.2. The Morgan fingerprint density at radius 3 is 2.50 bits per heavy atom. The average molecular weight is 409 g/mol. The number of benzene rings is 2. The number of esters is 1. The summed E-state index contributed by atoms with van der Waals surface area (Å²) in [7, 11) is 0. The molecule has 1 heterocycles. The number of nitrogens with zero attached hydrogens (tertiary/aromatic N) is 1. The zero-order valence-corrected chi connectivity index (χ0v) is 18.4. The number of hydrogen-bond acceptors (Lipinski definition) is 4. The minimum absolute atomic E-state index is 0.0557. The monoisotopic (exact) mass is 408 g/mol. The third-order valence-electron chi connectivity index (χ3n) is 6.23. The molecule has 1 fully saturated rings. The Hall–Kier alpha value is -2.17. The van der Waals surface area contributed by atoms with Crippen LogP contribution in [0.5, 0.6) is 0 Å². The highest BCUT2D eigenvalue weighted by Crippen LogP contribution is 2.35. The van der Waals surface area contributed by atoms with Crippen molar-refractivity contribution in [3.8, 4) is 0 Å². The zero-order valence-electron chi connectivity index (χ0n) is 18.4. The van der Waals surface area contributed by atoms with Crippen LogP contribution >= 0.6 is 0 Å². The SMILES string of the molecule is CCOC(=O)C1C(CCCNCCc2ccccc2)CCN1C(C)c1ccccc1. The van der Waals surface area contributed by atoms with E-state index in [0.717, 1.165) is 45.3 Å². The molecule has 3 rings (SSSR count). The van der Waals surface area contributed by atoms with Crippen LogP contribution < -0.4 is 5.32 Å². The lowest BCUT2D eigenvalue weighted by atomic mass is 9.94. The minimum Gasteiger partial charge on any atom is -0.465 e. The van der Waals surface area contributed by atoms with Crippen molar-refractivity contribution < 1.29 is 9.53 Å². The summed E-state index contributed by atoms with van der Waals surface area (Å²) in [5.74, 6) is 0.311. The maximum absolute atomic E-state index is 12.8. The Morgan fingerprint density at radius 2 is 1.80 bits per heavy atom. The molecule has 30 heavy (non-hydrogen) atoms. The quantitative estimate of drug-likeness (QED) is 0.435. The smallest absolute Gasteiger partial charge is 0.323 e. The number of likely N-dealkylation sites (tertiary alicyclic amines) is 1. The Bertz CT molecular complexity index is 750. The Labute approximate surface area is 181 Å². The molecule has 0 bridgehead atoms. The predicted molar refractivity (Wildman–Crippen MR) is 122 cm³/mol. The number of ether oxygens (including phenoxy) is 1. The number of hydrogen-bond donors (Lipinski definition) is 1. The summed E-state index contributed by atoms with van der Waals surface area (Å²) in [5.41, 5.74) is 2.63. The molecule has 0 saturated carbocycles. The van der Waals surface area contributed by atoms with E-state index in [4.69, 9.17) is 4.74 Å². The van der Waals surface area contributed by atoms with Crippen LogP contribution in [0.15, 0.2) is 60.7 Å². The molecule has 1 saturated heterocycles. The van der Waals surface area contributed by atoms with Crippen LogP contribution in [0.25, 0.3) is 0 Å². The predicted octanol–water partition coefficient (Wildman–Crippen LogP) is 4.61. The van der Waals surface area contributed by atoms with E-state index in [9.17, 15) is 4.79 Å². The minimum atomic E-state index is -0.135. The van der Waals surface area contributed by atoms with Crippen LogP contribution in [-0.2, 0) is 16.0 Å². The molecule has 0 spiro atoms. The molecule has 3 atom stereocenters. The fourth-order valence-corrected chi connectivity index (χ4v) is 4.59. The van der Waals surface area contributed by atoms with Gasteiger partial charge in [0.05, 0.1) is 6.61 Å². The van der Waals surface area contributed by atoms with Crippen LogP contribution in [0.4, 0.5) is 0 Å². The number of rotatable bonds is 11. The Kier molecular flexibility index (Phi) is 8.91. The van der Waals surface area contributed by atoms with Crippen molar-refractivity contribution in [2.45, 2.75) is 51.6 Å². The van der Waals surface area contributed by atoms with Gasteiger partial charge in [0.25, 0.3) is 0 Å². The second-order valence-electron chi connectivity index (χ2n) is 8.20. The molecule has 0 radical (unpaired) electrons. The molecular weight excluding hydrogens is 372 g/mol. The highest BCUT2D eigenvalue weighted by atomic mass is 16.5. The molecule has 1 N–H and O–H groups in total. The highest BCUT2D eigenvalue weighted by molar-refractivity contribution is 5.76. The van der Waals surface area contributed by atoms with Gasteiger partial charge in [-0.05, 0) is 76.2 Å². The summed E-state index contributed by atoms with van der Waals surface area (Å²) < 4.78 is 5.47. The molecule has 162 valence electrons. The van der Waals surface area contributed by atoms with Gasteiger partial charge in [0.2, 0.25) is 0 Å². The fourth-order valence-electron chi connectivity index (χ4n) is 4.59. The van der Waals surface area contributed by atoms with Crippen LogP contribution in [-0.4, -0.2) is 43.2 Å². The molecule has 3 unspecified atom stereocenters. The molecule has 0 aromatic heterocycles. The van der Waals surface area contributed by atoms with E-state index in [-0.39, 0.29) is 18.1 Å². The summed E-state index contributed by atoms with van der Waals surface area (Å²) in [5, 5.41) is 3.56. The molecule has 1 aliphatic rings. The van der Waals surface area contributed by atoms with E-state index in [0.29, 0.717) is 12.5 Å². The summed E-state index contributed by atoms with van der Waals surface area (Å²) in [6.07, 6.45) is 4.26. The molecule has 4 heteroatoms. The number of carbonyl (C=O) groups excluding carboxylic acids is 1. The third-order valence-corrected chi connectivity index (χ3v) is 6.23. The highest BCUT2D eigenvalue weighted by Gasteiger charge is 2.42. The van der Waals surface area contributed by atoms with Gasteiger partial charge in [-0.15, -0.1) is 0 Å². The van der Waals surface area contributed by atoms with Crippen molar-refractivity contribution in [1.29, 1.82) is 0 Å². The standard InChI is InChI=1S/C26H36N2O2/c1-3-30-26(29)25-24(15-10-18-27-19-16-22-11-6-4-7-12-22)17-20-28(25)21(2)23-13-8-5-9-14-23/h4-9,11-14,21,24-25,27H,3,10,15-20H2,1-2H3. The van der Waals surface area contributed by atoms with Gasteiger partial charge in [0.1, 0.15) is 6.04 Å². The summed E-state index contributed by atoms with van der Waals surface area (Å²) in [4.78, 5) is 15.2. The van der Waals surface area contributed by atoms with E-state index >= 15 is 0 Å². The van der Waals surface area contributed by atoms with Gasteiger partial charge in [-0.2, -0.15) is 0 Å². The normalized spacial score (nSPS) is 20.2. The van der Waals surface area contributed by atoms with Crippen LogP contribution in [0.1, 0.15) is 50.3 Å². The van der Waals surface area contributed by atoms with E-state index < -0.39 is 0 Å². The van der Waals surface area contributed by atoms with Gasteiger partial charge in [-0.25, -0.2) is 0 Å². The van der Waals surface area contributed by atoms with E-state index in [1.165, 1.54) is 11.1 Å². The third kappa shape index (κ3) is 6.16. The summed E-state index contributed by atoms with van der Waals surface area (Å²) >= 11 is 0. The maximum atomic E-state index is 12.8. The van der Waals surface area contributed by atoms with Crippen molar-refractivity contribution in [2.75, 3.05) is 26.2 Å². The molecule has 4 nitrogen and oxygen atoms in total. The summed E-state index contributed by atoms with van der Waals surface area (Å²) in [6.45, 7) is 7.47. The van der Waals surface area contributed by atoms with E-state index in [1.54, 1.807) is 0 Å². The summed E-state index contributed by atoms with van der Waals surface area (Å²) in [6, 6.07) is 21.1. The van der Waals surface area contributed by atoms with Crippen molar-refractivity contribution in [3.63, 3.8) is 0 Å². The van der Waals surface area contributed by atoms with Gasteiger partial charge < -0.3 is 10.1 Å². The first-order valence-corrected chi connectivity index (χ1v) is 11.4. The van der Waals surface area contributed by atoms with Crippen molar-refractivity contribution in [3.05, 3.63) is 71.8 Å². The van der Waals surface area contributed by atoms with Gasteiger partial charge >= 0.3 is 5.97 Å². The van der Waals surface area contributed by atoms with Crippen molar-refractivity contribution >= 4 is 5.97 Å². The van der Waals surface area contributed by atoms with Gasteiger partial charge in [0, 0.05) is 6.04 Å². The first-order valence-electron chi connectivity index (χ1n) is 11.4. The Balaban J connectivity index is 1.50. The van der Waals surface area contributed by atoms with Gasteiger partial charge in [-0.1, -0.05) is 60.7 Å². The molecular formula is C26H36N2O2. The second kappa shape index (κ2) is 11.9. The lowest BCUT2D eigenvalue weighted by molar-refractivity contribution is -0.150. The number of nitrogens with one attached hydrogen (secondary N) is 1. The van der Waals surface area contributed by atoms with E-state index in [2.05, 4.69) is 71.7 Å². The lowest BCUT2D eigenvalue weighted by Crippen LogP contribution is -2.42. The lowest BCUT2D eigenvalue weighted by Gasteiger charge is -2.31. The van der Waals surface area contributed by atoms with Crippen molar-refractivity contribution in [1.82, 2.24) is 10.2 Å². The topological polar surface area (TPSA) is 41.6 Å². The second-order valence-corrected chi connectivity index (χ2v) is 8.20. The van der Waals surface area contributed by atoms with Gasteiger partial charge in [0.15, 0.2) is 0 Å². The average Bonchev–Trinajstić information content (AvgIpc) is 3.21.